The summed E-state index contributed by atoms with van der Waals surface area (Å²) in [4.78, 5) is 6.50. The largest absolute Gasteiger partial charge is 0.244 e. The average molecular weight is 217 g/mol. The monoisotopic (exact) mass is 216 g/mol. The lowest BCUT2D eigenvalue weighted by Gasteiger charge is -2.00. The highest BCUT2D eigenvalue weighted by Crippen LogP contribution is 2.18. The van der Waals surface area contributed by atoms with E-state index in [-0.39, 0.29) is 0 Å². The molecule has 13 heavy (non-hydrogen) atoms. The molecule has 0 saturated carbocycles. The Morgan fingerprint density at radius 2 is 2.31 bits per heavy atom. The maximum absolute atomic E-state index is 8.05. The molecule has 4 nitrogen and oxygen atoms in total. The summed E-state index contributed by atoms with van der Waals surface area (Å²) in [5.41, 5.74) is 8.88. The molecule has 0 radical (unpaired) electrons. The van der Waals surface area contributed by atoms with Crippen LogP contribution in [0.25, 0.3) is 10.4 Å². The lowest BCUT2D eigenvalue weighted by molar-refractivity contribution is 0.947. The van der Waals surface area contributed by atoms with Crippen LogP contribution in [0.15, 0.2) is 17.4 Å². The van der Waals surface area contributed by atoms with Crippen molar-refractivity contribution in [1.82, 2.24) is 4.98 Å². The van der Waals surface area contributed by atoms with Gasteiger partial charge in [0.2, 0.25) is 0 Å². The minimum absolute atomic E-state index is 0.359. The zero-order valence-electron chi connectivity index (χ0n) is 6.61. The van der Waals surface area contributed by atoms with Crippen molar-refractivity contribution in [2.45, 2.75) is 6.42 Å². The predicted molar refractivity (Wildman–Crippen MR) is 52.0 cm³/mol. The highest BCUT2D eigenvalue weighted by Gasteiger charge is 2.00. The van der Waals surface area contributed by atoms with E-state index in [0.29, 0.717) is 23.1 Å². The van der Waals surface area contributed by atoms with Gasteiger partial charge in [-0.3, -0.25) is 0 Å². The third kappa shape index (κ3) is 3.11. The first kappa shape index (κ1) is 10.1. The summed E-state index contributed by atoms with van der Waals surface area (Å²) in [5.74, 6) is 0. The number of hydrogen-bond donors (Lipinski definition) is 0. The van der Waals surface area contributed by atoms with Gasteiger partial charge in [-0.25, -0.2) is 4.98 Å². The SMILES string of the molecule is [N-]=[N+]=NCCc1cnc(Cl)cc1Cl. The van der Waals surface area contributed by atoms with Gasteiger partial charge in [0.1, 0.15) is 5.15 Å². The Morgan fingerprint density at radius 3 is 2.92 bits per heavy atom. The molecule has 0 bridgehead atoms. The first-order valence-corrected chi connectivity index (χ1v) is 4.30. The molecule has 6 heteroatoms. The van der Waals surface area contributed by atoms with E-state index in [4.69, 9.17) is 28.7 Å². The molecule has 0 atom stereocenters. The third-order valence-corrected chi connectivity index (χ3v) is 2.00. The van der Waals surface area contributed by atoms with Crippen molar-refractivity contribution in [3.63, 3.8) is 0 Å². The van der Waals surface area contributed by atoms with E-state index in [1.54, 1.807) is 12.3 Å². The number of halogens is 2. The van der Waals surface area contributed by atoms with Crippen LogP contribution >= 0.6 is 23.2 Å². The van der Waals surface area contributed by atoms with Crippen LogP contribution in [0.2, 0.25) is 10.2 Å². The van der Waals surface area contributed by atoms with Gasteiger partial charge in [-0.15, -0.1) is 0 Å². The van der Waals surface area contributed by atoms with Crippen molar-refractivity contribution < 1.29 is 0 Å². The quantitative estimate of drug-likeness (QED) is 0.331. The second-order valence-corrected chi connectivity index (χ2v) is 3.10. The van der Waals surface area contributed by atoms with E-state index in [2.05, 4.69) is 15.0 Å². The zero-order chi connectivity index (χ0) is 9.68. The lowest BCUT2D eigenvalue weighted by Crippen LogP contribution is -1.91. The van der Waals surface area contributed by atoms with Crippen molar-refractivity contribution in [1.29, 1.82) is 0 Å². The summed E-state index contributed by atoms with van der Waals surface area (Å²) in [7, 11) is 0. The maximum Gasteiger partial charge on any atom is 0.130 e. The molecule has 0 unspecified atom stereocenters. The fourth-order valence-electron chi connectivity index (χ4n) is 0.835. The fraction of sp³-hybridized carbons (Fsp3) is 0.286. The van der Waals surface area contributed by atoms with Gasteiger partial charge in [0.25, 0.3) is 0 Å². The molecule has 0 aliphatic rings. The molecule has 0 amide bonds. The van der Waals surface area contributed by atoms with Crippen molar-refractivity contribution in [3.05, 3.63) is 38.4 Å². The van der Waals surface area contributed by atoms with E-state index >= 15 is 0 Å². The molecular formula is C7H6Cl2N4. The number of nitrogens with zero attached hydrogens (tertiary/aromatic N) is 4. The van der Waals surface area contributed by atoms with Gasteiger partial charge < -0.3 is 0 Å². The first-order chi connectivity index (χ1) is 6.24. The highest BCUT2D eigenvalue weighted by atomic mass is 35.5. The Labute approximate surface area is 85.1 Å². The number of rotatable bonds is 3. The van der Waals surface area contributed by atoms with Gasteiger partial charge in [-0.2, -0.15) is 0 Å². The molecule has 1 aromatic heterocycles. The molecule has 0 saturated heterocycles. The molecule has 0 aromatic carbocycles. The Morgan fingerprint density at radius 1 is 1.54 bits per heavy atom. The van der Waals surface area contributed by atoms with Crippen LogP contribution in [0.1, 0.15) is 5.56 Å². The first-order valence-electron chi connectivity index (χ1n) is 3.55. The van der Waals surface area contributed by atoms with Crippen LogP contribution < -0.4 is 0 Å². The van der Waals surface area contributed by atoms with E-state index in [1.807, 2.05) is 0 Å². The molecule has 68 valence electrons. The Balaban J connectivity index is 2.71. The molecule has 0 aliphatic carbocycles. The Hall–Kier alpha value is -0.960. The highest BCUT2D eigenvalue weighted by molar-refractivity contribution is 6.34. The van der Waals surface area contributed by atoms with Gasteiger partial charge in [0.15, 0.2) is 0 Å². The summed E-state index contributed by atoms with van der Waals surface area (Å²) >= 11 is 11.4. The smallest absolute Gasteiger partial charge is 0.130 e. The minimum atomic E-state index is 0.359. The van der Waals surface area contributed by atoms with E-state index in [0.717, 1.165) is 5.56 Å². The molecule has 0 aliphatic heterocycles. The van der Waals surface area contributed by atoms with Gasteiger partial charge in [0, 0.05) is 22.7 Å². The number of aromatic nitrogens is 1. The van der Waals surface area contributed by atoms with E-state index < -0.39 is 0 Å². The van der Waals surface area contributed by atoms with Crippen molar-refractivity contribution in [2.75, 3.05) is 6.54 Å². The van der Waals surface area contributed by atoms with Crippen LogP contribution in [0.5, 0.6) is 0 Å². The third-order valence-electron chi connectivity index (χ3n) is 1.44. The van der Waals surface area contributed by atoms with Crippen LogP contribution in [-0.4, -0.2) is 11.5 Å². The topological polar surface area (TPSA) is 61.7 Å². The molecule has 0 fully saturated rings. The van der Waals surface area contributed by atoms with E-state index in [9.17, 15) is 0 Å². The predicted octanol–water partition coefficient (Wildman–Crippen LogP) is 3.24. The molecule has 0 spiro atoms. The molecule has 1 heterocycles. The average Bonchev–Trinajstić information content (AvgIpc) is 2.09. The van der Waals surface area contributed by atoms with Gasteiger partial charge in [-0.1, -0.05) is 28.3 Å². The summed E-state index contributed by atoms with van der Waals surface area (Å²) in [6.07, 6.45) is 2.16. The van der Waals surface area contributed by atoms with Gasteiger partial charge in [-0.05, 0) is 23.6 Å². The molecular weight excluding hydrogens is 211 g/mol. The Kier molecular flexibility index (Phi) is 3.83. The van der Waals surface area contributed by atoms with Gasteiger partial charge in [0.05, 0.1) is 0 Å². The minimum Gasteiger partial charge on any atom is -0.244 e. The molecule has 1 aromatic rings. The normalized spacial score (nSPS) is 9.38. The van der Waals surface area contributed by atoms with Gasteiger partial charge >= 0.3 is 0 Å². The number of pyridine rings is 1. The second-order valence-electron chi connectivity index (χ2n) is 2.30. The number of azide groups is 1. The van der Waals surface area contributed by atoms with Crippen molar-refractivity contribution >= 4 is 23.2 Å². The molecule has 0 N–H and O–H groups in total. The maximum atomic E-state index is 8.05. The summed E-state index contributed by atoms with van der Waals surface area (Å²) in [6.45, 7) is 0.375. The van der Waals surface area contributed by atoms with Crippen molar-refractivity contribution in [2.24, 2.45) is 5.11 Å². The van der Waals surface area contributed by atoms with Crippen LogP contribution in [0, 0.1) is 0 Å². The van der Waals surface area contributed by atoms with Crippen LogP contribution in [0.3, 0.4) is 0 Å². The standard InChI is InChI=1S/C7H6Cl2N4/c8-6-3-7(9)11-4-5(6)1-2-12-13-10/h3-4H,1-2H2. The summed E-state index contributed by atoms with van der Waals surface area (Å²) in [5, 5.41) is 4.30. The fourth-order valence-corrected chi connectivity index (χ4v) is 1.30. The van der Waals surface area contributed by atoms with Crippen LogP contribution in [0.4, 0.5) is 0 Å². The lowest BCUT2D eigenvalue weighted by atomic mass is 10.2. The van der Waals surface area contributed by atoms with Crippen molar-refractivity contribution in [3.8, 4) is 0 Å². The zero-order valence-corrected chi connectivity index (χ0v) is 8.13. The van der Waals surface area contributed by atoms with E-state index in [1.165, 1.54) is 0 Å². The second kappa shape index (κ2) is 4.92. The molecule has 1 rings (SSSR count). The summed E-state index contributed by atoms with van der Waals surface area (Å²) < 4.78 is 0. The number of hydrogen-bond acceptors (Lipinski definition) is 2. The van der Waals surface area contributed by atoms with Crippen LogP contribution in [-0.2, 0) is 6.42 Å². The summed E-state index contributed by atoms with van der Waals surface area (Å²) in [6, 6.07) is 1.56. The Bertz CT molecular complexity index is 346.